The summed E-state index contributed by atoms with van der Waals surface area (Å²) in [6.07, 6.45) is 2.57. The van der Waals surface area contributed by atoms with Crippen LogP contribution in [-0.2, 0) is 0 Å². The first-order chi connectivity index (χ1) is 5.54. The third-order valence-electron chi connectivity index (χ3n) is 3.87. The monoisotopic (exact) mass is 169 g/mol. The van der Waals surface area contributed by atoms with E-state index >= 15 is 0 Å². The van der Waals surface area contributed by atoms with E-state index in [9.17, 15) is 0 Å². The van der Waals surface area contributed by atoms with Crippen molar-refractivity contribution in [2.45, 2.75) is 46.6 Å². The molecule has 0 aromatic heterocycles. The Morgan fingerprint density at radius 2 is 1.67 bits per heavy atom. The smallest absolute Gasteiger partial charge is 0.00672 e. The number of nitrogens with two attached hydrogens (primary N) is 1. The van der Waals surface area contributed by atoms with Crippen LogP contribution in [0.4, 0.5) is 0 Å². The van der Waals surface area contributed by atoms with Crippen molar-refractivity contribution >= 4 is 0 Å². The highest BCUT2D eigenvalue weighted by Gasteiger charge is 2.33. The summed E-state index contributed by atoms with van der Waals surface area (Å²) in [5.41, 5.74) is 6.03. The van der Waals surface area contributed by atoms with Gasteiger partial charge in [-0.3, -0.25) is 0 Å². The zero-order valence-electron chi connectivity index (χ0n) is 8.88. The molecule has 0 saturated heterocycles. The highest BCUT2D eigenvalue weighted by Crippen LogP contribution is 2.37. The van der Waals surface area contributed by atoms with Crippen LogP contribution in [0.15, 0.2) is 0 Å². The Labute approximate surface area is 76.7 Å². The molecule has 12 heavy (non-hydrogen) atoms. The lowest BCUT2D eigenvalue weighted by atomic mass is 9.67. The second-order valence-electron chi connectivity index (χ2n) is 4.87. The minimum absolute atomic E-state index is 0.454. The van der Waals surface area contributed by atoms with Gasteiger partial charge in [0.2, 0.25) is 0 Å². The standard InChI is InChI=1S/C11H23N/c1-7(2)10-5-6-11(12)9(4)8(10)3/h7-11H,5-6,12H2,1-4H3. The quantitative estimate of drug-likeness (QED) is 0.641. The lowest BCUT2D eigenvalue weighted by Gasteiger charge is -2.40. The van der Waals surface area contributed by atoms with Crippen molar-refractivity contribution in [2.24, 2.45) is 29.4 Å². The molecule has 2 N–H and O–H groups in total. The lowest BCUT2D eigenvalue weighted by molar-refractivity contribution is 0.120. The van der Waals surface area contributed by atoms with Crippen LogP contribution in [0.3, 0.4) is 0 Å². The SMILES string of the molecule is CC(C)C1CCC(N)C(C)C1C. The molecule has 0 bridgehead atoms. The van der Waals surface area contributed by atoms with Crippen LogP contribution in [0.25, 0.3) is 0 Å². The Balaban J connectivity index is 2.58. The predicted octanol–water partition coefficient (Wildman–Crippen LogP) is 2.65. The van der Waals surface area contributed by atoms with E-state index in [-0.39, 0.29) is 0 Å². The number of rotatable bonds is 1. The minimum atomic E-state index is 0.454. The van der Waals surface area contributed by atoms with Gasteiger partial charge < -0.3 is 5.73 Å². The van der Waals surface area contributed by atoms with Gasteiger partial charge in [0.05, 0.1) is 0 Å². The maximum Gasteiger partial charge on any atom is 0.00672 e. The average Bonchev–Trinajstić information content (AvgIpc) is 2.00. The highest BCUT2D eigenvalue weighted by atomic mass is 14.7. The fourth-order valence-corrected chi connectivity index (χ4v) is 2.63. The van der Waals surface area contributed by atoms with E-state index in [0.29, 0.717) is 12.0 Å². The first-order valence-corrected chi connectivity index (χ1v) is 5.29. The van der Waals surface area contributed by atoms with E-state index in [0.717, 1.165) is 17.8 Å². The van der Waals surface area contributed by atoms with E-state index in [1.54, 1.807) is 0 Å². The van der Waals surface area contributed by atoms with Crippen molar-refractivity contribution in [3.8, 4) is 0 Å². The lowest BCUT2D eigenvalue weighted by Crippen LogP contribution is -2.41. The van der Waals surface area contributed by atoms with Crippen LogP contribution in [0.5, 0.6) is 0 Å². The van der Waals surface area contributed by atoms with Gasteiger partial charge in [0.1, 0.15) is 0 Å². The van der Waals surface area contributed by atoms with Gasteiger partial charge in [-0.25, -0.2) is 0 Å². The molecular formula is C11H23N. The Morgan fingerprint density at radius 1 is 1.08 bits per heavy atom. The predicted molar refractivity (Wildman–Crippen MR) is 53.9 cm³/mol. The zero-order valence-corrected chi connectivity index (χ0v) is 8.88. The van der Waals surface area contributed by atoms with Gasteiger partial charge >= 0.3 is 0 Å². The molecule has 0 heterocycles. The van der Waals surface area contributed by atoms with Crippen molar-refractivity contribution in [3.63, 3.8) is 0 Å². The summed E-state index contributed by atoms with van der Waals surface area (Å²) in [4.78, 5) is 0. The van der Waals surface area contributed by atoms with Crippen molar-refractivity contribution in [1.82, 2.24) is 0 Å². The van der Waals surface area contributed by atoms with Gasteiger partial charge in [-0.05, 0) is 36.5 Å². The molecule has 1 aliphatic carbocycles. The third-order valence-corrected chi connectivity index (χ3v) is 3.87. The minimum Gasteiger partial charge on any atom is -0.327 e. The van der Waals surface area contributed by atoms with Crippen molar-refractivity contribution in [1.29, 1.82) is 0 Å². The topological polar surface area (TPSA) is 26.0 Å². The molecule has 4 atom stereocenters. The summed E-state index contributed by atoms with van der Waals surface area (Å²) in [7, 11) is 0. The molecular weight excluding hydrogens is 146 g/mol. The van der Waals surface area contributed by atoms with E-state index in [2.05, 4.69) is 27.7 Å². The molecule has 0 aromatic carbocycles. The summed E-state index contributed by atoms with van der Waals surface area (Å²) in [6, 6.07) is 0.454. The average molecular weight is 169 g/mol. The van der Waals surface area contributed by atoms with E-state index in [4.69, 9.17) is 5.73 Å². The molecule has 0 aliphatic heterocycles. The summed E-state index contributed by atoms with van der Waals surface area (Å²) >= 11 is 0. The van der Waals surface area contributed by atoms with E-state index in [1.165, 1.54) is 12.8 Å². The first-order valence-electron chi connectivity index (χ1n) is 5.29. The Bertz CT molecular complexity index is 142. The Morgan fingerprint density at radius 3 is 2.17 bits per heavy atom. The molecule has 0 aromatic rings. The second-order valence-corrected chi connectivity index (χ2v) is 4.87. The van der Waals surface area contributed by atoms with Crippen LogP contribution in [0.2, 0.25) is 0 Å². The first kappa shape index (κ1) is 10.0. The fraction of sp³-hybridized carbons (Fsp3) is 1.00. The van der Waals surface area contributed by atoms with Crippen molar-refractivity contribution < 1.29 is 0 Å². The van der Waals surface area contributed by atoms with Crippen LogP contribution < -0.4 is 5.73 Å². The molecule has 1 aliphatic rings. The summed E-state index contributed by atoms with van der Waals surface area (Å²) in [6.45, 7) is 9.35. The van der Waals surface area contributed by atoms with E-state index < -0.39 is 0 Å². The van der Waals surface area contributed by atoms with E-state index in [1.807, 2.05) is 0 Å². The second kappa shape index (κ2) is 3.78. The van der Waals surface area contributed by atoms with Crippen LogP contribution in [0, 0.1) is 23.7 Å². The zero-order chi connectivity index (χ0) is 9.30. The molecule has 0 spiro atoms. The van der Waals surface area contributed by atoms with Gasteiger partial charge in [-0.1, -0.05) is 27.7 Å². The summed E-state index contributed by atoms with van der Waals surface area (Å²) < 4.78 is 0. The van der Waals surface area contributed by atoms with Crippen LogP contribution in [-0.4, -0.2) is 6.04 Å². The number of hydrogen-bond acceptors (Lipinski definition) is 1. The molecule has 4 unspecified atom stereocenters. The highest BCUT2D eigenvalue weighted by molar-refractivity contribution is 4.86. The molecule has 1 saturated carbocycles. The van der Waals surface area contributed by atoms with Gasteiger partial charge in [0, 0.05) is 6.04 Å². The molecule has 0 radical (unpaired) electrons. The largest absolute Gasteiger partial charge is 0.327 e. The van der Waals surface area contributed by atoms with Crippen molar-refractivity contribution in [2.75, 3.05) is 0 Å². The normalized spacial score (nSPS) is 43.5. The summed E-state index contributed by atoms with van der Waals surface area (Å²) in [5, 5.41) is 0. The fourth-order valence-electron chi connectivity index (χ4n) is 2.63. The third kappa shape index (κ3) is 1.82. The van der Waals surface area contributed by atoms with Crippen LogP contribution in [0.1, 0.15) is 40.5 Å². The molecule has 0 amide bonds. The Hall–Kier alpha value is -0.0400. The van der Waals surface area contributed by atoms with Crippen molar-refractivity contribution in [3.05, 3.63) is 0 Å². The van der Waals surface area contributed by atoms with Crippen LogP contribution >= 0.6 is 0 Å². The Kier molecular flexibility index (Phi) is 3.16. The summed E-state index contributed by atoms with van der Waals surface area (Å²) in [5.74, 6) is 3.26. The van der Waals surface area contributed by atoms with Gasteiger partial charge in [0.15, 0.2) is 0 Å². The number of hydrogen-bond donors (Lipinski definition) is 1. The molecule has 1 fully saturated rings. The molecule has 72 valence electrons. The molecule has 1 rings (SSSR count). The molecule has 1 heteroatoms. The maximum atomic E-state index is 6.03. The molecule has 1 nitrogen and oxygen atoms in total. The maximum absolute atomic E-state index is 6.03. The van der Waals surface area contributed by atoms with Gasteiger partial charge in [-0.2, -0.15) is 0 Å². The van der Waals surface area contributed by atoms with Gasteiger partial charge in [-0.15, -0.1) is 0 Å². The van der Waals surface area contributed by atoms with Gasteiger partial charge in [0.25, 0.3) is 0 Å².